The number of carbonyl (C=O) groups excluding carboxylic acids is 1. The number of nitrogens with zero attached hydrogens (tertiary/aromatic N) is 1. The van der Waals surface area contributed by atoms with Crippen molar-refractivity contribution < 1.29 is 28.9 Å². The van der Waals surface area contributed by atoms with Gasteiger partial charge in [0.25, 0.3) is 5.91 Å². The normalized spacial score (nSPS) is 10.4. The molecule has 0 bridgehead atoms. The smallest absolute Gasteiger partial charge is 0.339 e. The second kappa shape index (κ2) is 11.2. The van der Waals surface area contributed by atoms with Gasteiger partial charge in [-0.1, -0.05) is 41.9 Å². The maximum absolute atomic E-state index is 13.2. The molecule has 0 aliphatic heterocycles. The zero-order chi connectivity index (χ0) is 23.8. The van der Waals surface area contributed by atoms with Gasteiger partial charge in [-0.05, 0) is 35.9 Å². The highest BCUT2D eigenvalue weighted by atomic mass is 35.5. The van der Waals surface area contributed by atoms with Crippen LogP contribution in [0, 0.1) is 0 Å². The van der Waals surface area contributed by atoms with Crippen molar-refractivity contribution in [3.63, 3.8) is 0 Å². The summed E-state index contributed by atoms with van der Waals surface area (Å²) in [5, 5.41) is 9.66. The Labute approximate surface area is 197 Å². The number of hydrogen-bond donors (Lipinski definition) is 1. The first-order chi connectivity index (χ1) is 15.9. The Morgan fingerprint density at radius 2 is 1.67 bits per heavy atom. The lowest BCUT2D eigenvalue weighted by molar-refractivity contribution is -0.134. The summed E-state index contributed by atoms with van der Waals surface area (Å²) < 4.78 is 16.3. The Hall–Kier alpha value is -3.71. The third-order valence-corrected chi connectivity index (χ3v) is 5.18. The van der Waals surface area contributed by atoms with Gasteiger partial charge < -0.3 is 24.2 Å². The molecule has 0 atom stereocenters. The van der Waals surface area contributed by atoms with Gasteiger partial charge in [0, 0.05) is 29.7 Å². The lowest BCUT2D eigenvalue weighted by Gasteiger charge is -2.24. The summed E-state index contributed by atoms with van der Waals surface area (Å²) in [6, 6.07) is 19.2. The van der Waals surface area contributed by atoms with Gasteiger partial charge in [0.05, 0.1) is 14.2 Å². The van der Waals surface area contributed by atoms with E-state index in [4.69, 9.17) is 25.8 Å². The fourth-order valence-corrected chi connectivity index (χ4v) is 3.42. The van der Waals surface area contributed by atoms with Crippen LogP contribution in [0.1, 0.15) is 21.5 Å². The minimum Gasteiger partial charge on any atom is -0.497 e. The Morgan fingerprint density at radius 3 is 2.33 bits per heavy atom. The molecular weight excluding hydrogens is 446 g/mol. The van der Waals surface area contributed by atoms with E-state index in [1.54, 1.807) is 31.3 Å². The van der Waals surface area contributed by atoms with Gasteiger partial charge in [0.2, 0.25) is 0 Å². The highest BCUT2D eigenvalue weighted by Crippen LogP contribution is 2.27. The van der Waals surface area contributed by atoms with Crippen LogP contribution < -0.4 is 14.2 Å². The van der Waals surface area contributed by atoms with Gasteiger partial charge in [-0.25, -0.2) is 4.79 Å². The standard InChI is InChI=1S/C25H24ClNO6/c1-31-20-10-8-18(23(13-20)32-2)15-27(14-17-6-4-3-5-7-17)24(28)16-33-22-11-9-19(26)12-21(22)25(29)30/h3-13H,14-16H2,1-2H3,(H,29,30). The van der Waals surface area contributed by atoms with E-state index in [-0.39, 0.29) is 35.4 Å². The van der Waals surface area contributed by atoms with Crippen LogP contribution in [0.3, 0.4) is 0 Å². The summed E-state index contributed by atoms with van der Waals surface area (Å²) in [4.78, 5) is 26.3. The average Bonchev–Trinajstić information content (AvgIpc) is 2.83. The first-order valence-corrected chi connectivity index (χ1v) is 10.5. The molecule has 0 aliphatic carbocycles. The fraction of sp³-hybridized carbons (Fsp3) is 0.200. The van der Waals surface area contributed by atoms with Crippen LogP contribution >= 0.6 is 11.6 Å². The number of methoxy groups -OCH3 is 2. The Balaban J connectivity index is 1.82. The number of carbonyl (C=O) groups is 2. The number of benzene rings is 3. The number of hydrogen-bond acceptors (Lipinski definition) is 5. The summed E-state index contributed by atoms with van der Waals surface area (Å²) in [7, 11) is 3.12. The quantitative estimate of drug-likeness (QED) is 0.464. The highest BCUT2D eigenvalue weighted by Gasteiger charge is 2.20. The van der Waals surface area contributed by atoms with Gasteiger partial charge in [-0.15, -0.1) is 0 Å². The minimum absolute atomic E-state index is 0.0712. The van der Waals surface area contributed by atoms with Gasteiger partial charge in [-0.3, -0.25) is 4.79 Å². The number of aromatic carboxylic acids is 1. The third-order valence-electron chi connectivity index (χ3n) is 4.95. The van der Waals surface area contributed by atoms with E-state index >= 15 is 0 Å². The highest BCUT2D eigenvalue weighted by molar-refractivity contribution is 6.31. The second-order valence-electron chi connectivity index (χ2n) is 7.15. The van der Waals surface area contributed by atoms with Crippen LogP contribution in [0.5, 0.6) is 17.2 Å². The van der Waals surface area contributed by atoms with Crippen molar-refractivity contribution in [3.05, 3.63) is 88.4 Å². The SMILES string of the molecule is COc1ccc(CN(Cc2ccccc2)C(=O)COc2ccc(Cl)cc2C(=O)O)c(OC)c1. The molecule has 1 N–H and O–H groups in total. The lowest BCUT2D eigenvalue weighted by atomic mass is 10.1. The molecule has 33 heavy (non-hydrogen) atoms. The maximum atomic E-state index is 13.2. The fourth-order valence-electron chi connectivity index (χ4n) is 3.25. The molecule has 3 aromatic carbocycles. The van der Waals surface area contributed by atoms with E-state index in [0.29, 0.717) is 18.0 Å². The number of ether oxygens (including phenoxy) is 3. The topological polar surface area (TPSA) is 85.3 Å². The largest absolute Gasteiger partial charge is 0.497 e. The molecule has 0 fully saturated rings. The van der Waals surface area contributed by atoms with Gasteiger partial charge in [0.15, 0.2) is 6.61 Å². The minimum atomic E-state index is -1.19. The number of rotatable bonds is 10. The van der Waals surface area contributed by atoms with Gasteiger partial charge >= 0.3 is 5.97 Å². The van der Waals surface area contributed by atoms with Crippen LogP contribution in [0.4, 0.5) is 0 Å². The summed E-state index contributed by atoms with van der Waals surface area (Å²) in [6.45, 7) is 0.258. The van der Waals surface area contributed by atoms with Gasteiger partial charge in [0.1, 0.15) is 22.8 Å². The molecule has 0 saturated heterocycles. The van der Waals surface area contributed by atoms with Crippen molar-refractivity contribution in [2.45, 2.75) is 13.1 Å². The molecule has 0 aliphatic rings. The Kier molecular flexibility index (Phi) is 8.16. The zero-order valence-electron chi connectivity index (χ0n) is 18.3. The number of carboxylic acid groups (broad SMARTS) is 1. The number of halogens is 1. The lowest BCUT2D eigenvalue weighted by Crippen LogP contribution is -2.34. The molecule has 0 spiro atoms. The Bertz CT molecular complexity index is 1120. The van der Waals surface area contributed by atoms with E-state index in [9.17, 15) is 14.7 Å². The predicted octanol–water partition coefficient (Wildman–Crippen LogP) is 4.66. The maximum Gasteiger partial charge on any atom is 0.339 e. The van der Waals surface area contributed by atoms with E-state index in [1.165, 1.54) is 18.2 Å². The summed E-state index contributed by atoms with van der Waals surface area (Å²) in [5.41, 5.74) is 1.62. The average molecular weight is 470 g/mol. The van der Waals surface area contributed by atoms with Crippen LogP contribution in [0.15, 0.2) is 66.7 Å². The van der Waals surface area contributed by atoms with Crippen molar-refractivity contribution in [2.24, 2.45) is 0 Å². The van der Waals surface area contributed by atoms with Crippen molar-refractivity contribution in [2.75, 3.05) is 20.8 Å². The molecule has 0 aromatic heterocycles. The van der Waals surface area contributed by atoms with Crippen molar-refractivity contribution in [3.8, 4) is 17.2 Å². The second-order valence-corrected chi connectivity index (χ2v) is 7.58. The van der Waals surface area contributed by atoms with Crippen LogP contribution in [-0.4, -0.2) is 42.7 Å². The van der Waals surface area contributed by atoms with Crippen LogP contribution in [0.2, 0.25) is 5.02 Å². The zero-order valence-corrected chi connectivity index (χ0v) is 19.0. The summed E-state index contributed by atoms with van der Waals surface area (Å²) in [5.74, 6) is -0.204. The molecule has 0 heterocycles. The van der Waals surface area contributed by atoms with E-state index in [2.05, 4.69) is 0 Å². The Morgan fingerprint density at radius 1 is 0.909 bits per heavy atom. The first kappa shape index (κ1) is 23.9. The van der Waals surface area contributed by atoms with E-state index < -0.39 is 5.97 Å². The van der Waals surface area contributed by atoms with E-state index in [1.807, 2.05) is 36.4 Å². The van der Waals surface area contributed by atoms with Crippen molar-refractivity contribution in [1.82, 2.24) is 4.90 Å². The molecule has 172 valence electrons. The molecule has 1 amide bonds. The molecule has 0 saturated carbocycles. The summed E-state index contributed by atoms with van der Waals surface area (Å²) in [6.07, 6.45) is 0. The summed E-state index contributed by atoms with van der Waals surface area (Å²) >= 11 is 5.89. The van der Waals surface area contributed by atoms with Crippen molar-refractivity contribution >= 4 is 23.5 Å². The first-order valence-electron chi connectivity index (χ1n) is 10.1. The molecule has 8 heteroatoms. The van der Waals surface area contributed by atoms with Crippen LogP contribution in [-0.2, 0) is 17.9 Å². The molecule has 3 aromatic rings. The third kappa shape index (κ3) is 6.40. The van der Waals surface area contributed by atoms with E-state index in [0.717, 1.165) is 11.1 Å². The van der Waals surface area contributed by atoms with Gasteiger partial charge in [-0.2, -0.15) is 0 Å². The molecular formula is C25H24ClNO6. The van der Waals surface area contributed by atoms with Crippen molar-refractivity contribution in [1.29, 1.82) is 0 Å². The predicted molar refractivity (Wildman–Crippen MR) is 124 cm³/mol. The number of carboxylic acids is 1. The molecule has 3 rings (SSSR count). The molecule has 0 radical (unpaired) electrons. The van der Waals surface area contributed by atoms with Crippen LogP contribution in [0.25, 0.3) is 0 Å². The molecule has 7 nitrogen and oxygen atoms in total. The number of amides is 1. The molecule has 0 unspecified atom stereocenters. The monoisotopic (exact) mass is 469 g/mol.